The van der Waals surface area contributed by atoms with Gasteiger partial charge in [0.15, 0.2) is 0 Å². The van der Waals surface area contributed by atoms with Crippen molar-refractivity contribution in [2.24, 2.45) is 4.99 Å². The van der Waals surface area contributed by atoms with E-state index >= 15 is 0 Å². The van der Waals surface area contributed by atoms with Gasteiger partial charge in [0.25, 0.3) is 0 Å². The Morgan fingerprint density at radius 3 is 2.46 bits per heavy atom. The van der Waals surface area contributed by atoms with Gasteiger partial charge >= 0.3 is 0 Å². The molecule has 1 unspecified atom stereocenters. The van der Waals surface area contributed by atoms with Crippen molar-refractivity contribution in [3.8, 4) is 0 Å². The van der Waals surface area contributed by atoms with Crippen LogP contribution in [-0.2, 0) is 0 Å². The summed E-state index contributed by atoms with van der Waals surface area (Å²) >= 11 is 0. The molecule has 0 spiro atoms. The molecule has 3 rings (SSSR count). The zero-order valence-corrected chi connectivity index (χ0v) is 16.7. The maximum absolute atomic E-state index is 13.1. The van der Waals surface area contributed by atoms with Gasteiger partial charge in [0, 0.05) is 23.5 Å². The molecule has 2 aromatic rings. The van der Waals surface area contributed by atoms with E-state index in [1.807, 2.05) is 6.21 Å². The molecule has 0 aliphatic carbocycles. The van der Waals surface area contributed by atoms with Crippen LogP contribution in [0.2, 0.25) is 0 Å². The van der Waals surface area contributed by atoms with Gasteiger partial charge in [-0.3, -0.25) is 4.99 Å². The summed E-state index contributed by atoms with van der Waals surface area (Å²) in [5, 5.41) is 0. The molecule has 2 nitrogen and oxygen atoms in total. The summed E-state index contributed by atoms with van der Waals surface area (Å²) in [5.74, 6) is 0.271. The molecular formula is C23H29FN2. The quantitative estimate of drug-likeness (QED) is 0.585. The Morgan fingerprint density at radius 2 is 1.85 bits per heavy atom. The lowest BCUT2D eigenvalue weighted by atomic mass is 9.78. The topological polar surface area (TPSA) is 15.6 Å². The normalized spacial score (nSPS) is 19.2. The standard InChI is InChI=1S/C23H29FN2/c1-15(2)26-22-11-16(3)18(12-21(22)17(4)13-23(26,5)6)14-25-20-9-7-19(24)8-10-20/h7-12,14-15,17H,13H2,1-6H3. The van der Waals surface area contributed by atoms with Crippen LogP contribution in [0.4, 0.5) is 15.8 Å². The van der Waals surface area contributed by atoms with Crippen LogP contribution >= 0.6 is 0 Å². The van der Waals surface area contributed by atoms with Crippen molar-refractivity contribution in [3.05, 3.63) is 58.9 Å². The van der Waals surface area contributed by atoms with Crippen LogP contribution in [-0.4, -0.2) is 17.8 Å². The van der Waals surface area contributed by atoms with Crippen molar-refractivity contribution in [3.63, 3.8) is 0 Å². The number of hydrogen-bond acceptors (Lipinski definition) is 2. The number of aliphatic imine (C=N–C) groups is 1. The second-order valence-corrected chi connectivity index (χ2v) is 8.38. The minimum Gasteiger partial charge on any atom is -0.364 e. The van der Waals surface area contributed by atoms with Gasteiger partial charge in [-0.15, -0.1) is 0 Å². The fourth-order valence-corrected chi connectivity index (χ4v) is 4.40. The lowest BCUT2D eigenvalue weighted by Crippen LogP contribution is -2.51. The number of rotatable bonds is 3. The first-order valence-corrected chi connectivity index (χ1v) is 9.42. The third kappa shape index (κ3) is 3.53. The first-order valence-electron chi connectivity index (χ1n) is 9.42. The van der Waals surface area contributed by atoms with Crippen molar-refractivity contribution in [2.45, 2.75) is 65.5 Å². The van der Waals surface area contributed by atoms with Crippen LogP contribution in [0.1, 0.15) is 63.6 Å². The molecule has 1 heterocycles. The van der Waals surface area contributed by atoms with Crippen molar-refractivity contribution in [1.29, 1.82) is 0 Å². The van der Waals surface area contributed by atoms with Gasteiger partial charge in [-0.1, -0.05) is 6.92 Å². The number of nitrogens with zero attached hydrogens (tertiary/aromatic N) is 2. The number of halogens is 1. The van der Waals surface area contributed by atoms with E-state index in [4.69, 9.17) is 0 Å². The molecule has 1 aliphatic heterocycles. The molecule has 3 heteroatoms. The molecule has 1 atom stereocenters. The van der Waals surface area contributed by atoms with Crippen molar-refractivity contribution in [2.75, 3.05) is 4.90 Å². The van der Waals surface area contributed by atoms with E-state index in [9.17, 15) is 4.39 Å². The highest BCUT2D eigenvalue weighted by molar-refractivity contribution is 5.86. The Kier molecular flexibility index (Phi) is 4.92. The summed E-state index contributed by atoms with van der Waals surface area (Å²) in [6.45, 7) is 13.7. The fourth-order valence-electron chi connectivity index (χ4n) is 4.40. The molecule has 1 aliphatic rings. The molecule has 0 amide bonds. The average Bonchev–Trinajstić information content (AvgIpc) is 2.53. The minimum atomic E-state index is -0.237. The van der Waals surface area contributed by atoms with Crippen molar-refractivity contribution < 1.29 is 4.39 Å². The Bertz CT molecular complexity index is 819. The van der Waals surface area contributed by atoms with Gasteiger partial charge in [-0.2, -0.15) is 0 Å². The Hall–Kier alpha value is -2.16. The Morgan fingerprint density at radius 1 is 1.19 bits per heavy atom. The zero-order chi connectivity index (χ0) is 19.1. The summed E-state index contributed by atoms with van der Waals surface area (Å²) in [7, 11) is 0. The summed E-state index contributed by atoms with van der Waals surface area (Å²) in [6.07, 6.45) is 3.03. The summed E-state index contributed by atoms with van der Waals surface area (Å²) in [4.78, 5) is 7.08. The molecule has 138 valence electrons. The van der Waals surface area contributed by atoms with Crippen LogP contribution in [0.5, 0.6) is 0 Å². The highest BCUT2D eigenvalue weighted by Crippen LogP contribution is 2.45. The Labute approximate surface area is 156 Å². The summed E-state index contributed by atoms with van der Waals surface area (Å²) in [6, 6.07) is 11.3. The number of benzene rings is 2. The lowest BCUT2D eigenvalue weighted by molar-refractivity contribution is 0.356. The van der Waals surface area contributed by atoms with E-state index in [1.54, 1.807) is 12.1 Å². The van der Waals surface area contributed by atoms with E-state index < -0.39 is 0 Å². The molecule has 0 N–H and O–H groups in total. The zero-order valence-electron chi connectivity index (χ0n) is 16.7. The lowest BCUT2D eigenvalue weighted by Gasteiger charge is -2.50. The summed E-state index contributed by atoms with van der Waals surface area (Å²) in [5.41, 5.74) is 6.00. The monoisotopic (exact) mass is 352 g/mol. The third-order valence-electron chi connectivity index (χ3n) is 5.36. The van der Waals surface area contributed by atoms with Gasteiger partial charge in [0.2, 0.25) is 0 Å². The van der Waals surface area contributed by atoms with Gasteiger partial charge < -0.3 is 4.90 Å². The summed E-state index contributed by atoms with van der Waals surface area (Å²) < 4.78 is 13.1. The fraction of sp³-hybridized carbons (Fsp3) is 0.435. The molecule has 0 fully saturated rings. The van der Waals surface area contributed by atoms with Crippen LogP contribution in [0.25, 0.3) is 0 Å². The number of anilines is 1. The molecule has 0 bridgehead atoms. The maximum atomic E-state index is 13.1. The van der Waals surface area contributed by atoms with Gasteiger partial charge in [-0.05, 0) is 100 Å². The van der Waals surface area contributed by atoms with E-state index in [1.165, 1.54) is 28.9 Å². The second-order valence-electron chi connectivity index (χ2n) is 8.38. The van der Waals surface area contributed by atoms with Crippen LogP contribution in [0, 0.1) is 12.7 Å². The third-order valence-corrected chi connectivity index (χ3v) is 5.36. The first kappa shape index (κ1) is 18.6. The SMILES string of the molecule is Cc1cc2c(cc1C=Nc1ccc(F)cc1)C(C)CC(C)(C)N2C(C)C. The van der Waals surface area contributed by atoms with Gasteiger partial charge in [0.1, 0.15) is 5.82 Å². The van der Waals surface area contributed by atoms with Crippen molar-refractivity contribution in [1.82, 2.24) is 0 Å². The highest BCUT2D eigenvalue weighted by Gasteiger charge is 2.37. The highest BCUT2D eigenvalue weighted by atomic mass is 19.1. The molecule has 0 saturated heterocycles. The molecule has 26 heavy (non-hydrogen) atoms. The largest absolute Gasteiger partial charge is 0.364 e. The van der Waals surface area contributed by atoms with Crippen LogP contribution in [0.15, 0.2) is 41.4 Å². The van der Waals surface area contributed by atoms with Crippen molar-refractivity contribution >= 4 is 17.6 Å². The number of hydrogen-bond donors (Lipinski definition) is 0. The Balaban J connectivity index is 2.01. The van der Waals surface area contributed by atoms with Gasteiger partial charge in [0.05, 0.1) is 5.69 Å². The first-order chi connectivity index (χ1) is 12.2. The molecule has 2 aromatic carbocycles. The van der Waals surface area contributed by atoms with E-state index in [2.05, 4.69) is 63.6 Å². The molecular weight excluding hydrogens is 323 g/mol. The number of aryl methyl sites for hydroxylation is 1. The predicted octanol–water partition coefficient (Wildman–Crippen LogP) is 6.39. The van der Waals surface area contributed by atoms with E-state index in [-0.39, 0.29) is 11.4 Å². The molecule has 0 aromatic heterocycles. The van der Waals surface area contributed by atoms with Gasteiger partial charge in [-0.25, -0.2) is 4.39 Å². The van der Waals surface area contributed by atoms with Crippen LogP contribution < -0.4 is 4.90 Å². The predicted molar refractivity (Wildman–Crippen MR) is 110 cm³/mol. The molecule has 0 radical (unpaired) electrons. The van der Waals surface area contributed by atoms with E-state index in [0.29, 0.717) is 12.0 Å². The number of fused-ring (bicyclic) bond motifs is 1. The average molecular weight is 352 g/mol. The van der Waals surface area contributed by atoms with Crippen LogP contribution in [0.3, 0.4) is 0 Å². The maximum Gasteiger partial charge on any atom is 0.123 e. The smallest absolute Gasteiger partial charge is 0.123 e. The second kappa shape index (κ2) is 6.86. The van der Waals surface area contributed by atoms with E-state index in [0.717, 1.165) is 17.7 Å². The minimum absolute atomic E-state index is 0.150. The molecule has 0 saturated carbocycles.